The summed E-state index contributed by atoms with van der Waals surface area (Å²) in [6, 6.07) is 15.3. The number of nitriles is 1. The first kappa shape index (κ1) is 22.0. The number of hydrogen-bond donors (Lipinski definition) is 0. The first-order chi connectivity index (χ1) is 15.0. The first-order valence-corrected chi connectivity index (χ1v) is 10.1. The molecule has 0 atom stereocenters. The molecule has 1 aliphatic heterocycles. The molecule has 0 unspecified atom stereocenters. The lowest BCUT2D eigenvalue weighted by Crippen LogP contribution is -2.43. The second-order valence-corrected chi connectivity index (χ2v) is 7.23. The van der Waals surface area contributed by atoms with Crippen LogP contribution in [0.3, 0.4) is 0 Å². The Bertz CT molecular complexity index is 1090. The van der Waals surface area contributed by atoms with Crippen LogP contribution < -0.4 is 4.74 Å². The number of unbranched alkanes of at least 4 members (excludes halogenated alkanes) is 1. The average Bonchev–Trinajstić information content (AvgIpc) is 2.77. The molecule has 6 heteroatoms. The fraction of sp³-hybridized carbons (Fsp3) is 0.240. The standard InChI is InChI=1S/C25H23FN2O3/c1-3-4-13-28-24(29)21(17(2)22(15-27)25(28)30)14-18-9-11-20(12-10-18)31-16-19-7-5-6-8-23(19)26/h5-12,14H,3-4,13,16H2,1-2H3/b21-14+. The van der Waals surface area contributed by atoms with Crippen molar-refractivity contribution in [2.45, 2.75) is 33.3 Å². The van der Waals surface area contributed by atoms with Gasteiger partial charge in [-0.3, -0.25) is 14.5 Å². The van der Waals surface area contributed by atoms with E-state index in [1.54, 1.807) is 55.5 Å². The van der Waals surface area contributed by atoms with Crippen LogP contribution in [-0.2, 0) is 16.2 Å². The minimum atomic E-state index is -0.535. The van der Waals surface area contributed by atoms with Gasteiger partial charge in [0, 0.05) is 17.7 Å². The maximum atomic E-state index is 13.7. The number of imide groups is 1. The predicted molar refractivity (Wildman–Crippen MR) is 115 cm³/mol. The summed E-state index contributed by atoms with van der Waals surface area (Å²) >= 11 is 0. The van der Waals surface area contributed by atoms with E-state index in [0.717, 1.165) is 16.9 Å². The molecule has 5 nitrogen and oxygen atoms in total. The van der Waals surface area contributed by atoms with E-state index in [9.17, 15) is 19.2 Å². The molecular weight excluding hydrogens is 395 g/mol. The first-order valence-electron chi connectivity index (χ1n) is 10.1. The SMILES string of the molecule is CCCCN1C(=O)C(C#N)=C(C)/C(=C\c2ccc(OCc3ccccc3F)cc2)C1=O. The maximum absolute atomic E-state index is 13.7. The molecule has 0 aromatic heterocycles. The van der Waals surface area contributed by atoms with Crippen molar-refractivity contribution in [3.63, 3.8) is 0 Å². The van der Waals surface area contributed by atoms with E-state index in [-0.39, 0.29) is 24.5 Å². The second kappa shape index (κ2) is 9.86. The highest BCUT2D eigenvalue weighted by Crippen LogP contribution is 2.28. The lowest BCUT2D eigenvalue weighted by atomic mass is 9.93. The van der Waals surface area contributed by atoms with E-state index in [1.807, 2.05) is 13.0 Å². The van der Waals surface area contributed by atoms with Crippen LogP contribution in [-0.4, -0.2) is 23.3 Å². The van der Waals surface area contributed by atoms with E-state index in [0.29, 0.717) is 28.9 Å². The van der Waals surface area contributed by atoms with E-state index < -0.39 is 11.8 Å². The van der Waals surface area contributed by atoms with E-state index in [2.05, 4.69) is 0 Å². The third-order valence-corrected chi connectivity index (χ3v) is 5.10. The molecule has 0 saturated carbocycles. The van der Waals surface area contributed by atoms with Gasteiger partial charge in [-0.25, -0.2) is 4.39 Å². The fourth-order valence-electron chi connectivity index (χ4n) is 3.25. The van der Waals surface area contributed by atoms with Gasteiger partial charge >= 0.3 is 0 Å². The highest BCUT2D eigenvalue weighted by molar-refractivity contribution is 6.19. The largest absolute Gasteiger partial charge is 0.489 e. The summed E-state index contributed by atoms with van der Waals surface area (Å²) in [5, 5.41) is 9.42. The van der Waals surface area contributed by atoms with Crippen LogP contribution in [0.1, 0.15) is 37.8 Å². The Kier molecular flexibility index (Phi) is 6.99. The van der Waals surface area contributed by atoms with Gasteiger partial charge in [-0.05, 0) is 48.8 Å². The smallest absolute Gasteiger partial charge is 0.271 e. The zero-order chi connectivity index (χ0) is 22.4. The van der Waals surface area contributed by atoms with Crippen LogP contribution in [0.25, 0.3) is 6.08 Å². The highest BCUT2D eigenvalue weighted by Gasteiger charge is 2.34. The molecule has 2 amide bonds. The highest BCUT2D eigenvalue weighted by atomic mass is 19.1. The van der Waals surface area contributed by atoms with E-state index in [1.165, 1.54) is 6.07 Å². The molecule has 0 radical (unpaired) electrons. The minimum Gasteiger partial charge on any atom is -0.489 e. The molecule has 0 saturated heterocycles. The topological polar surface area (TPSA) is 70.4 Å². The average molecular weight is 418 g/mol. The number of nitrogens with zero attached hydrogens (tertiary/aromatic N) is 2. The Morgan fingerprint density at radius 2 is 1.81 bits per heavy atom. The van der Waals surface area contributed by atoms with Gasteiger partial charge in [0.1, 0.15) is 29.8 Å². The van der Waals surface area contributed by atoms with Gasteiger partial charge in [0.05, 0.1) is 0 Å². The molecule has 158 valence electrons. The number of halogens is 1. The number of carbonyl (C=O) groups excluding carboxylic acids is 2. The minimum absolute atomic E-state index is 0.00760. The molecule has 0 spiro atoms. The Morgan fingerprint density at radius 3 is 2.45 bits per heavy atom. The van der Waals surface area contributed by atoms with Crippen LogP contribution in [0.2, 0.25) is 0 Å². The number of benzene rings is 2. The summed E-state index contributed by atoms with van der Waals surface area (Å²) in [5.74, 6) is -0.690. The summed E-state index contributed by atoms with van der Waals surface area (Å²) in [5.41, 5.74) is 1.88. The van der Waals surface area contributed by atoms with Crippen molar-refractivity contribution >= 4 is 17.9 Å². The van der Waals surface area contributed by atoms with Gasteiger partial charge in [0.2, 0.25) is 0 Å². The van der Waals surface area contributed by atoms with Gasteiger partial charge in [0.25, 0.3) is 11.8 Å². The van der Waals surface area contributed by atoms with Gasteiger partial charge < -0.3 is 4.74 Å². The summed E-state index contributed by atoms with van der Waals surface area (Å²) in [7, 11) is 0. The number of hydrogen-bond acceptors (Lipinski definition) is 4. The van der Waals surface area contributed by atoms with Gasteiger partial charge in [-0.2, -0.15) is 5.26 Å². The van der Waals surface area contributed by atoms with Crippen molar-refractivity contribution < 1.29 is 18.7 Å². The monoisotopic (exact) mass is 418 g/mol. The van der Waals surface area contributed by atoms with Crippen molar-refractivity contribution in [3.05, 3.63) is 82.2 Å². The fourth-order valence-corrected chi connectivity index (χ4v) is 3.25. The number of rotatable bonds is 7. The van der Waals surface area contributed by atoms with E-state index in [4.69, 9.17) is 4.74 Å². The molecule has 2 aromatic rings. The lowest BCUT2D eigenvalue weighted by Gasteiger charge is -2.27. The van der Waals surface area contributed by atoms with Crippen molar-refractivity contribution in [2.75, 3.05) is 6.54 Å². The quantitative estimate of drug-likeness (QED) is 0.479. The number of amides is 2. The zero-order valence-corrected chi connectivity index (χ0v) is 17.5. The van der Waals surface area contributed by atoms with Gasteiger partial charge in [-0.15, -0.1) is 0 Å². The van der Waals surface area contributed by atoms with Crippen molar-refractivity contribution in [1.82, 2.24) is 4.90 Å². The molecule has 1 heterocycles. The van der Waals surface area contributed by atoms with Crippen LogP contribution >= 0.6 is 0 Å². The predicted octanol–water partition coefficient (Wildman–Crippen LogP) is 4.80. The molecule has 31 heavy (non-hydrogen) atoms. The molecular formula is C25H23FN2O3. The number of ether oxygens (including phenoxy) is 1. The summed E-state index contributed by atoms with van der Waals surface area (Å²) in [4.78, 5) is 26.5. The Morgan fingerprint density at radius 1 is 1.10 bits per heavy atom. The van der Waals surface area contributed by atoms with Crippen LogP contribution in [0.4, 0.5) is 4.39 Å². The Labute approximate surface area is 181 Å². The zero-order valence-electron chi connectivity index (χ0n) is 17.5. The molecule has 0 fully saturated rings. The van der Waals surface area contributed by atoms with Crippen LogP contribution in [0.15, 0.2) is 65.3 Å². The molecule has 2 aromatic carbocycles. The summed E-state index contributed by atoms with van der Waals surface area (Å²) in [6.07, 6.45) is 3.17. The van der Waals surface area contributed by atoms with Crippen LogP contribution in [0.5, 0.6) is 5.75 Å². The van der Waals surface area contributed by atoms with Crippen molar-refractivity contribution in [1.29, 1.82) is 5.26 Å². The molecule has 1 aliphatic rings. The van der Waals surface area contributed by atoms with Gasteiger partial charge in [0.15, 0.2) is 0 Å². The van der Waals surface area contributed by atoms with Crippen LogP contribution in [0, 0.1) is 17.1 Å². The molecule has 3 rings (SSSR count). The van der Waals surface area contributed by atoms with Gasteiger partial charge in [-0.1, -0.05) is 43.7 Å². The summed E-state index contributed by atoms with van der Waals surface area (Å²) < 4.78 is 19.4. The maximum Gasteiger partial charge on any atom is 0.271 e. The van der Waals surface area contributed by atoms with Crippen molar-refractivity contribution in [3.8, 4) is 11.8 Å². The van der Waals surface area contributed by atoms with E-state index >= 15 is 0 Å². The molecule has 0 N–H and O–H groups in total. The number of carbonyl (C=O) groups is 2. The Hall–Kier alpha value is -3.72. The third kappa shape index (κ3) is 4.89. The second-order valence-electron chi connectivity index (χ2n) is 7.23. The normalized spacial score (nSPS) is 15.4. The summed E-state index contributed by atoms with van der Waals surface area (Å²) in [6.45, 7) is 3.97. The molecule has 0 bridgehead atoms. The Balaban J connectivity index is 1.81. The third-order valence-electron chi connectivity index (χ3n) is 5.10. The van der Waals surface area contributed by atoms with Crippen molar-refractivity contribution in [2.24, 2.45) is 0 Å². The molecule has 0 aliphatic carbocycles. The lowest BCUT2D eigenvalue weighted by molar-refractivity contribution is -0.140.